The van der Waals surface area contributed by atoms with Gasteiger partial charge in [-0.2, -0.15) is 0 Å². The molecular weight excluding hydrogens is 462 g/mol. The molecule has 0 aliphatic carbocycles. The van der Waals surface area contributed by atoms with E-state index in [1.807, 2.05) is 54.6 Å². The van der Waals surface area contributed by atoms with Crippen LogP contribution in [0, 0.1) is 0 Å². The van der Waals surface area contributed by atoms with Crippen molar-refractivity contribution in [2.24, 2.45) is 5.73 Å². The highest BCUT2D eigenvalue weighted by atomic mass is 16.5. The van der Waals surface area contributed by atoms with Crippen LogP contribution in [-0.2, 0) is 32.1 Å². The lowest BCUT2D eigenvalue weighted by Crippen LogP contribution is -2.54. The maximum Gasteiger partial charge on any atom is 0.407 e. The number of hydrogen-bond acceptors (Lipinski definition) is 5. The van der Waals surface area contributed by atoms with Gasteiger partial charge in [-0.15, -0.1) is 0 Å². The number of rotatable bonds is 9. The zero-order chi connectivity index (χ0) is 25.5. The number of nitrogens with two attached hydrogens (primary N) is 1. The summed E-state index contributed by atoms with van der Waals surface area (Å²) in [4.78, 5) is 54.6. The third-order valence-corrected chi connectivity index (χ3v) is 6.20. The van der Waals surface area contributed by atoms with E-state index in [1.165, 1.54) is 4.90 Å². The number of nitrogens with one attached hydrogen (secondary N) is 3. The van der Waals surface area contributed by atoms with E-state index in [1.54, 1.807) is 6.20 Å². The lowest BCUT2D eigenvalue weighted by Gasteiger charge is -2.28. The Morgan fingerprint density at radius 1 is 1.08 bits per heavy atom. The van der Waals surface area contributed by atoms with E-state index in [4.69, 9.17) is 10.5 Å². The van der Waals surface area contributed by atoms with Crippen molar-refractivity contribution < 1.29 is 23.9 Å². The number of hydrogen-bond donors (Lipinski definition) is 4. The van der Waals surface area contributed by atoms with Crippen molar-refractivity contribution in [3.8, 4) is 0 Å². The van der Waals surface area contributed by atoms with Crippen molar-refractivity contribution in [2.75, 3.05) is 13.1 Å². The second kappa shape index (κ2) is 11.4. The molecule has 188 valence electrons. The quantitative estimate of drug-likeness (QED) is 0.359. The predicted molar refractivity (Wildman–Crippen MR) is 132 cm³/mol. The van der Waals surface area contributed by atoms with E-state index in [9.17, 15) is 19.2 Å². The Morgan fingerprint density at radius 2 is 1.83 bits per heavy atom. The second-order valence-corrected chi connectivity index (χ2v) is 8.69. The van der Waals surface area contributed by atoms with Crippen LogP contribution in [0.25, 0.3) is 10.9 Å². The first kappa shape index (κ1) is 24.8. The summed E-state index contributed by atoms with van der Waals surface area (Å²) in [7, 11) is 0. The number of carbonyl (C=O) groups excluding carboxylic acids is 4. The number of ether oxygens (including phenoxy) is 1. The van der Waals surface area contributed by atoms with E-state index in [0.29, 0.717) is 19.4 Å². The average molecular weight is 492 g/mol. The number of H-pyrrole nitrogens is 1. The standard InChI is InChI=1S/C26H29N5O5/c27-24(33)22-11-6-12-31(22)25(34)21(13-18-14-28-20-10-5-4-9-19(18)20)30-23(32)15-29-26(35)36-16-17-7-2-1-3-8-17/h1-5,7-10,14,21-22,28H,6,11-13,15-16H2,(H2,27,33)(H,29,35)(H,30,32)/t21-,22-/m0/s1. The van der Waals surface area contributed by atoms with Gasteiger partial charge in [0.25, 0.3) is 0 Å². The van der Waals surface area contributed by atoms with Crippen LogP contribution in [0.2, 0.25) is 0 Å². The second-order valence-electron chi connectivity index (χ2n) is 8.69. The van der Waals surface area contributed by atoms with Crippen molar-refractivity contribution in [1.29, 1.82) is 0 Å². The Labute approximate surface area is 208 Å². The molecule has 4 rings (SSSR count). The Bertz CT molecular complexity index is 1240. The third-order valence-electron chi connectivity index (χ3n) is 6.20. The SMILES string of the molecule is NC(=O)[C@@H]1CCCN1C(=O)[C@H](Cc1c[nH]c2ccccc12)NC(=O)CNC(=O)OCc1ccccc1. The number of aromatic nitrogens is 1. The lowest BCUT2D eigenvalue weighted by molar-refractivity contribution is -0.140. The highest BCUT2D eigenvalue weighted by Crippen LogP contribution is 2.22. The van der Waals surface area contributed by atoms with Crippen LogP contribution in [0.15, 0.2) is 60.8 Å². The van der Waals surface area contributed by atoms with E-state index in [-0.39, 0.29) is 25.5 Å². The Kier molecular flexibility index (Phi) is 7.84. The van der Waals surface area contributed by atoms with Crippen LogP contribution in [0.4, 0.5) is 4.79 Å². The van der Waals surface area contributed by atoms with Gasteiger partial charge in [-0.3, -0.25) is 14.4 Å². The van der Waals surface area contributed by atoms with Crippen LogP contribution in [-0.4, -0.2) is 58.9 Å². The smallest absolute Gasteiger partial charge is 0.407 e. The van der Waals surface area contributed by atoms with Crippen molar-refractivity contribution in [3.05, 3.63) is 71.9 Å². The minimum absolute atomic E-state index is 0.0689. The number of nitrogens with zero attached hydrogens (tertiary/aromatic N) is 1. The molecule has 1 fully saturated rings. The summed E-state index contributed by atoms with van der Waals surface area (Å²) in [6, 6.07) is 15.1. The molecule has 5 N–H and O–H groups in total. The molecule has 10 heteroatoms. The van der Waals surface area contributed by atoms with Gasteiger partial charge in [0.15, 0.2) is 0 Å². The first-order chi connectivity index (χ1) is 17.4. The minimum atomic E-state index is -0.946. The summed E-state index contributed by atoms with van der Waals surface area (Å²) in [6.07, 6.45) is 2.40. The number of para-hydroxylation sites is 1. The number of amides is 4. The van der Waals surface area contributed by atoms with Crippen molar-refractivity contribution in [3.63, 3.8) is 0 Å². The monoisotopic (exact) mass is 491 g/mol. The molecule has 0 saturated carbocycles. The molecule has 1 aliphatic rings. The summed E-state index contributed by atoms with van der Waals surface area (Å²) in [6.45, 7) is 0.0841. The van der Waals surface area contributed by atoms with Gasteiger partial charge in [-0.25, -0.2) is 4.79 Å². The first-order valence-corrected chi connectivity index (χ1v) is 11.8. The summed E-state index contributed by atoms with van der Waals surface area (Å²) < 4.78 is 5.13. The molecule has 1 aromatic heterocycles. The van der Waals surface area contributed by atoms with E-state index in [2.05, 4.69) is 15.6 Å². The van der Waals surface area contributed by atoms with Gasteiger partial charge >= 0.3 is 6.09 Å². The molecule has 4 amide bonds. The largest absolute Gasteiger partial charge is 0.445 e. The number of alkyl carbamates (subject to hydrolysis) is 1. The van der Waals surface area contributed by atoms with Crippen molar-refractivity contribution >= 4 is 34.7 Å². The highest BCUT2D eigenvalue weighted by Gasteiger charge is 2.37. The van der Waals surface area contributed by atoms with Gasteiger partial charge in [0.2, 0.25) is 17.7 Å². The molecule has 0 spiro atoms. The molecule has 2 aromatic carbocycles. The van der Waals surface area contributed by atoms with Gasteiger partial charge in [-0.1, -0.05) is 48.5 Å². The zero-order valence-corrected chi connectivity index (χ0v) is 19.7. The maximum absolute atomic E-state index is 13.4. The molecule has 2 heterocycles. The van der Waals surface area contributed by atoms with E-state index < -0.39 is 30.0 Å². The molecule has 0 radical (unpaired) electrons. The fourth-order valence-corrected chi connectivity index (χ4v) is 4.42. The van der Waals surface area contributed by atoms with Crippen LogP contribution in [0.5, 0.6) is 0 Å². The van der Waals surface area contributed by atoms with Crippen molar-refractivity contribution in [2.45, 2.75) is 38.0 Å². The van der Waals surface area contributed by atoms with E-state index in [0.717, 1.165) is 22.0 Å². The van der Waals surface area contributed by atoms with Crippen LogP contribution < -0.4 is 16.4 Å². The zero-order valence-electron chi connectivity index (χ0n) is 19.7. The fourth-order valence-electron chi connectivity index (χ4n) is 4.42. The number of benzene rings is 2. The normalized spacial score (nSPS) is 15.9. The first-order valence-electron chi connectivity index (χ1n) is 11.8. The third kappa shape index (κ3) is 6.01. The summed E-state index contributed by atoms with van der Waals surface area (Å²) in [5, 5.41) is 6.05. The number of fused-ring (bicyclic) bond motifs is 1. The van der Waals surface area contributed by atoms with Crippen molar-refractivity contribution in [1.82, 2.24) is 20.5 Å². The van der Waals surface area contributed by atoms with Gasteiger partial charge in [0, 0.05) is 30.1 Å². The van der Waals surface area contributed by atoms with Gasteiger partial charge < -0.3 is 31.0 Å². The molecule has 1 aliphatic heterocycles. The number of likely N-dealkylation sites (tertiary alicyclic amines) is 1. The van der Waals surface area contributed by atoms with Gasteiger partial charge in [-0.05, 0) is 30.0 Å². The molecule has 3 aromatic rings. The molecule has 0 bridgehead atoms. The number of primary amides is 1. The topological polar surface area (TPSA) is 147 Å². The predicted octanol–water partition coefficient (Wildman–Crippen LogP) is 1.60. The number of carbonyl (C=O) groups is 4. The molecule has 2 atom stereocenters. The van der Waals surface area contributed by atoms with Crippen LogP contribution >= 0.6 is 0 Å². The highest BCUT2D eigenvalue weighted by molar-refractivity contribution is 5.94. The Hall–Kier alpha value is -4.34. The molecule has 1 saturated heterocycles. The van der Waals surface area contributed by atoms with Crippen LogP contribution in [0.3, 0.4) is 0 Å². The summed E-state index contributed by atoms with van der Waals surface area (Å²) in [5.41, 5.74) is 8.07. The lowest BCUT2D eigenvalue weighted by atomic mass is 10.0. The molecule has 36 heavy (non-hydrogen) atoms. The molecule has 0 unspecified atom stereocenters. The fraction of sp³-hybridized carbons (Fsp3) is 0.308. The number of aromatic amines is 1. The van der Waals surface area contributed by atoms with Gasteiger partial charge in [0.05, 0.1) is 0 Å². The van der Waals surface area contributed by atoms with Gasteiger partial charge in [0.1, 0.15) is 25.2 Å². The summed E-state index contributed by atoms with van der Waals surface area (Å²) >= 11 is 0. The average Bonchev–Trinajstić information content (AvgIpc) is 3.54. The van der Waals surface area contributed by atoms with Crippen LogP contribution in [0.1, 0.15) is 24.0 Å². The molecule has 10 nitrogen and oxygen atoms in total. The Balaban J connectivity index is 1.41. The molecular formula is C26H29N5O5. The minimum Gasteiger partial charge on any atom is -0.445 e. The maximum atomic E-state index is 13.4. The Morgan fingerprint density at radius 3 is 2.61 bits per heavy atom. The van der Waals surface area contributed by atoms with E-state index >= 15 is 0 Å². The summed E-state index contributed by atoms with van der Waals surface area (Å²) in [5.74, 6) is -1.51.